The van der Waals surface area contributed by atoms with Crippen molar-refractivity contribution in [2.45, 2.75) is 0 Å². The zero-order chi connectivity index (χ0) is 6.62. The highest BCUT2D eigenvalue weighted by Crippen LogP contribution is 1.86. The first-order chi connectivity index (χ1) is 3.56. The molecule has 0 amide bonds. The van der Waals surface area contributed by atoms with Crippen LogP contribution in [0.25, 0.3) is 0 Å². The van der Waals surface area contributed by atoms with Crippen molar-refractivity contribution in [3.63, 3.8) is 0 Å². The van der Waals surface area contributed by atoms with E-state index in [9.17, 15) is 0 Å². The monoisotopic (exact) mass is 173 g/mol. The molecule has 0 aromatic carbocycles. The molecule has 6 heteroatoms. The van der Waals surface area contributed by atoms with E-state index in [2.05, 4.69) is 26.0 Å². The van der Waals surface area contributed by atoms with E-state index in [1.54, 1.807) is 0 Å². The van der Waals surface area contributed by atoms with Gasteiger partial charge in [0.15, 0.2) is 0 Å². The van der Waals surface area contributed by atoms with Gasteiger partial charge in [0.1, 0.15) is 13.2 Å². The Kier molecular flexibility index (Phi) is 19.9. The second-order valence-corrected chi connectivity index (χ2v) is 2.88. The van der Waals surface area contributed by atoms with Gasteiger partial charge in [0.25, 0.3) is 0 Å². The van der Waals surface area contributed by atoms with Crippen LogP contribution in [-0.4, -0.2) is 55.2 Å². The van der Waals surface area contributed by atoms with Gasteiger partial charge >= 0.3 is 0 Å². The largest absolute Gasteiger partial charge is 0.412 e. The average molecular weight is 173 g/mol. The lowest BCUT2D eigenvalue weighted by Crippen LogP contribution is -2.38. The van der Waals surface area contributed by atoms with E-state index < -0.39 is 0 Å². The summed E-state index contributed by atoms with van der Waals surface area (Å²) >= 11 is 0. The van der Waals surface area contributed by atoms with E-state index in [4.69, 9.17) is 5.90 Å². The second-order valence-electron chi connectivity index (χ2n) is 2.88. The van der Waals surface area contributed by atoms with E-state index in [0.717, 1.165) is 11.0 Å². The molecule has 0 rings (SSSR count). The number of nitrogens with zero attached hydrogens (tertiary/aromatic N) is 1. The van der Waals surface area contributed by atoms with E-state index in [0.29, 0.717) is 6.61 Å². The van der Waals surface area contributed by atoms with Gasteiger partial charge in [-0.3, -0.25) is 4.84 Å². The Hall–Kier alpha value is -0.240. The summed E-state index contributed by atoms with van der Waals surface area (Å²) in [4.78, 5) is 4.40. The van der Waals surface area contributed by atoms with Gasteiger partial charge < -0.3 is 20.9 Å². The van der Waals surface area contributed by atoms with Crippen LogP contribution in [-0.2, 0) is 4.84 Å². The van der Waals surface area contributed by atoms with Crippen molar-refractivity contribution in [1.29, 1.82) is 0 Å². The van der Waals surface area contributed by atoms with Gasteiger partial charge in [-0.1, -0.05) is 0 Å². The summed E-state index contributed by atoms with van der Waals surface area (Å²) in [5.74, 6) is 4.83. The molecule has 0 saturated heterocycles. The van der Waals surface area contributed by atoms with Gasteiger partial charge in [-0.15, -0.1) is 0 Å². The number of hydrogen-bond acceptors (Lipinski definition) is 2. The number of quaternary nitrogens is 1. The zero-order valence-electron chi connectivity index (χ0n) is 7.35. The normalized spacial score (nSPS) is 8.73. The Labute approximate surface area is 67.0 Å². The topological polar surface area (TPSA) is 130 Å². The van der Waals surface area contributed by atoms with Crippen LogP contribution in [0.1, 0.15) is 0 Å². The fourth-order valence-corrected chi connectivity index (χ4v) is 0.327. The molecule has 0 aliphatic heterocycles. The molecule has 8 N–H and O–H groups in total. The van der Waals surface area contributed by atoms with Crippen molar-refractivity contribution in [2.75, 3.05) is 34.3 Å². The predicted molar refractivity (Wildman–Crippen MR) is 43.9 cm³/mol. The molecule has 0 aromatic rings. The second kappa shape index (κ2) is 9.76. The zero-order valence-corrected chi connectivity index (χ0v) is 7.35. The summed E-state index contributed by atoms with van der Waals surface area (Å²) in [5, 5.41) is 0. The van der Waals surface area contributed by atoms with Crippen LogP contribution in [0.5, 0.6) is 0 Å². The SMILES string of the molecule is C[N+](C)(C)CCON.O.O.O. The molecule has 0 saturated carbocycles. The Balaban J connectivity index is -0.0000000817. The maximum Gasteiger partial charge on any atom is 0.117 e. The minimum Gasteiger partial charge on any atom is -0.412 e. The molecule has 0 unspecified atom stereocenters. The fraction of sp³-hybridized carbons (Fsp3) is 1.00. The Bertz CT molecular complexity index is 64.0. The number of hydrogen-bond donors (Lipinski definition) is 1. The maximum atomic E-state index is 4.83. The summed E-state index contributed by atoms with van der Waals surface area (Å²) in [7, 11) is 6.29. The van der Waals surface area contributed by atoms with Crippen LogP contribution in [0, 0.1) is 0 Å². The van der Waals surface area contributed by atoms with Gasteiger partial charge in [0, 0.05) is 0 Å². The van der Waals surface area contributed by atoms with Crippen molar-refractivity contribution < 1.29 is 25.7 Å². The minimum absolute atomic E-state index is 0. The van der Waals surface area contributed by atoms with Crippen LogP contribution in [0.3, 0.4) is 0 Å². The molecule has 0 spiro atoms. The van der Waals surface area contributed by atoms with Crippen molar-refractivity contribution in [3.8, 4) is 0 Å². The first kappa shape index (κ1) is 22.4. The Morgan fingerprint density at radius 1 is 1.09 bits per heavy atom. The molecule has 11 heavy (non-hydrogen) atoms. The van der Waals surface area contributed by atoms with E-state index in [1.807, 2.05) is 0 Å². The summed E-state index contributed by atoms with van der Waals surface area (Å²) < 4.78 is 0.900. The van der Waals surface area contributed by atoms with Crippen LogP contribution in [0.4, 0.5) is 0 Å². The third-order valence-electron chi connectivity index (χ3n) is 0.880. The van der Waals surface area contributed by atoms with Gasteiger partial charge in [-0.05, 0) is 0 Å². The molecule has 0 fully saturated rings. The van der Waals surface area contributed by atoms with Crippen molar-refractivity contribution in [2.24, 2.45) is 5.90 Å². The maximum absolute atomic E-state index is 4.83. The molecular weight excluding hydrogens is 152 g/mol. The minimum atomic E-state index is 0. The Morgan fingerprint density at radius 2 is 1.45 bits per heavy atom. The molecule has 0 heterocycles. The van der Waals surface area contributed by atoms with Crippen molar-refractivity contribution in [3.05, 3.63) is 0 Å². The number of rotatable bonds is 3. The van der Waals surface area contributed by atoms with Crippen LogP contribution < -0.4 is 5.90 Å². The van der Waals surface area contributed by atoms with Crippen molar-refractivity contribution >= 4 is 0 Å². The number of likely N-dealkylation sites (N-methyl/N-ethyl adjacent to an activating group) is 1. The predicted octanol–water partition coefficient (Wildman–Crippen LogP) is -2.89. The third-order valence-corrected chi connectivity index (χ3v) is 0.880. The number of nitrogens with two attached hydrogens (primary N) is 1. The molecule has 0 atom stereocenters. The molecule has 0 aliphatic rings. The third kappa shape index (κ3) is 25.9. The highest BCUT2D eigenvalue weighted by atomic mass is 16.6. The van der Waals surface area contributed by atoms with Gasteiger partial charge in [-0.2, -0.15) is 0 Å². The van der Waals surface area contributed by atoms with Crippen LogP contribution in [0.15, 0.2) is 0 Å². The summed E-state index contributed by atoms with van der Waals surface area (Å²) in [6, 6.07) is 0. The lowest BCUT2D eigenvalue weighted by atomic mass is 10.5. The highest BCUT2D eigenvalue weighted by molar-refractivity contribution is 4.21. The molecule has 0 radical (unpaired) electrons. The first-order valence-corrected chi connectivity index (χ1v) is 2.68. The quantitative estimate of drug-likeness (QED) is 0.362. The molecule has 0 aromatic heterocycles. The highest BCUT2D eigenvalue weighted by Gasteiger charge is 2.03. The molecule has 74 valence electrons. The summed E-state index contributed by atoms with van der Waals surface area (Å²) in [5.41, 5.74) is 0. The lowest BCUT2D eigenvalue weighted by Gasteiger charge is -2.22. The van der Waals surface area contributed by atoms with Gasteiger partial charge in [0.2, 0.25) is 0 Å². The van der Waals surface area contributed by atoms with Gasteiger partial charge in [-0.25, -0.2) is 5.90 Å². The standard InChI is InChI=1S/C5H15N2O.3H2O/c1-7(2,3)4-5-8-6;;;/h4-6H2,1-3H3;3*1H2/q+1;;;. The Morgan fingerprint density at radius 3 is 1.55 bits per heavy atom. The van der Waals surface area contributed by atoms with E-state index >= 15 is 0 Å². The van der Waals surface area contributed by atoms with Gasteiger partial charge in [0.05, 0.1) is 21.1 Å². The summed E-state index contributed by atoms with van der Waals surface area (Å²) in [6.45, 7) is 1.58. The first-order valence-electron chi connectivity index (χ1n) is 2.68. The molecule has 0 aliphatic carbocycles. The van der Waals surface area contributed by atoms with Crippen LogP contribution in [0.2, 0.25) is 0 Å². The lowest BCUT2D eigenvalue weighted by molar-refractivity contribution is -0.870. The average Bonchev–Trinajstić information content (AvgIpc) is 1.59. The van der Waals surface area contributed by atoms with E-state index in [1.165, 1.54) is 0 Å². The van der Waals surface area contributed by atoms with Crippen LogP contribution >= 0.6 is 0 Å². The smallest absolute Gasteiger partial charge is 0.117 e. The molecule has 0 bridgehead atoms. The van der Waals surface area contributed by atoms with Crippen molar-refractivity contribution in [1.82, 2.24) is 0 Å². The fourth-order valence-electron chi connectivity index (χ4n) is 0.327. The molecule has 6 nitrogen and oxygen atoms in total. The summed E-state index contributed by atoms with van der Waals surface area (Å²) in [6.07, 6.45) is 0. The van der Waals surface area contributed by atoms with E-state index in [-0.39, 0.29) is 16.4 Å². The molecular formula is C5H21N2O4+.